The lowest BCUT2D eigenvalue weighted by atomic mass is 9.97. The predicted molar refractivity (Wildman–Crippen MR) is 115 cm³/mol. The van der Waals surface area contributed by atoms with Gasteiger partial charge in [-0.05, 0) is 58.1 Å². The maximum Gasteiger partial charge on any atom is 0.258 e. The number of hydrogen-bond acceptors (Lipinski definition) is 4. The van der Waals surface area contributed by atoms with E-state index in [9.17, 15) is 9.59 Å². The Morgan fingerprint density at radius 3 is 2.53 bits per heavy atom. The SMILES string of the molecule is Cc1ccc(CNC(=O)Cn2c(-n3nc(C)cc3C)nc3c(c2=O)CCCC3)cc1. The molecule has 0 saturated carbocycles. The number of aromatic nitrogens is 4. The zero-order valence-electron chi connectivity index (χ0n) is 17.7. The topological polar surface area (TPSA) is 81.8 Å². The van der Waals surface area contributed by atoms with Crippen LogP contribution >= 0.6 is 0 Å². The minimum Gasteiger partial charge on any atom is -0.350 e. The number of rotatable bonds is 5. The summed E-state index contributed by atoms with van der Waals surface area (Å²) in [7, 11) is 0. The summed E-state index contributed by atoms with van der Waals surface area (Å²) in [5.41, 5.74) is 5.35. The summed E-state index contributed by atoms with van der Waals surface area (Å²) in [6.07, 6.45) is 3.50. The average molecular weight is 406 g/mol. The van der Waals surface area contributed by atoms with Crippen molar-refractivity contribution in [3.63, 3.8) is 0 Å². The molecule has 1 aromatic carbocycles. The standard InChI is InChI=1S/C23H27N5O2/c1-15-8-10-18(11-9-15)13-24-21(29)14-27-22(30)19-6-4-5-7-20(19)25-23(27)28-17(3)12-16(2)26-28/h8-12H,4-7,13-14H2,1-3H3,(H,24,29). The molecule has 0 aliphatic heterocycles. The van der Waals surface area contributed by atoms with E-state index in [1.54, 1.807) is 4.68 Å². The van der Waals surface area contributed by atoms with E-state index in [1.807, 2.05) is 51.1 Å². The number of aryl methyl sites for hydroxylation is 4. The second kappa shape index (κ2) is 8.26. The summed E-state index contributed by atoms with van der Waals surface area (Å²) >= 11 is 0. The van der Waals surface area contributed by atoms with Gasteiger partial charge in [-0.15, -0.1) is 0 Å². The molecule has 1 aliphatic carbocycles. The van der Waals surface area contributed by atoms with Crippen LogP contribution in [-0.2, 0) is 30.7 Å². The molecule has 0 bridgehead atoms. The van der Waals surface area contributed by atoms with Gasteiger partial charge in [0, 0.05) is 17.8 Å². The number of fused-ring (bicyclic) bond motifs is 1. The van der Waals surface area contributed by atoms with Gasteiger partial charge in [-0.2, -0.15) is 5.10 Å². The summed E-state index contributed by atoms with van der Waals surface area (Å²) in [6.45, 7) is 6.19. The van der Waals surface area contributed by atoms with Crippen molar-refractivity contribution in [3.05, 3.63) is 74.5 Å². The fourth-order valence-electron chi connectivity index (χ4n) is 3.92. The molecule has 2 heterocycles. The summed E-state index contributed by atoms with van der Waals surface area (Å²) < 4.78 is 3.13. The molecular formula is C23H27N5O2. The molecule has 1 N–H and O–H groups in total. The Kier molecular flexibility index (Phi) is 5.53. The van der Waals surface area contributed by atoms with E-state index in [4.69, 9.17) is 4.98 Å². The molecule has 0 saturated heterocycles. The van der Waals surface area contributed by atoms with Gasteiger partial charge in [0.1, 0.15) is 6.54 Å². The highest BCUT2D eigenvalue weighted by Gasteiger charge is 2.22. The van der Waals surface area contributed by atoms with Gasteiger partial charge in [-0.1, -0.05) is 29.8 Å². The molecule has 30 heavy (non-hydrogen) atoms. The molecule has 1 aliphatic rings. The van der Waals surface area contributed by atoms with E-state index in [0.29, 0.717) is 18.9 Å². The number of nitrogens with one attached hydrogen (secondary N) is 1. The number of carbonyl (C=O) groups excluding carboxylic acids is 1. The second-order valence-corrected chi connectivity index (χ2v) is 8.04. The number of hydrogen-bond donors (Lipinski definition) is 1. The fourth-order valence-corrected chi connectivity index (χ4v) is 3.92. The summed E-state index contributed by atoms with van der Waals surface area (Å²) in [5, 5.41) is 7.42. The third kappa shape index (κ3) is 4.06. The quantitative estimate of drug-likeness (QED) is 0.707. The van der Waals surface area contributed by atoms with E-state index in [0.717, 1.165) is 47.5 Å². The zero-order chi connectivity index (χ0) is 21.3. The van der Waals surface area contributed by atoms with Crippen molar-refractivity contribution in [1.29, 1.82) is 0 Å². The lowest BCUT2D eigenvalue weighted by molar-refractivity contribution is -0.121. The summed E-state index contributed by atoms with van der Waals surface area (Å²) in [6, 6.07) is 9.95. The van der Waals surface area contributed by atoms with Crippen molar-refractivity contribution in [3.8, 4) is 5.95 Å². The van der Waals surface area contributed by atoms with Crippen molar-refractivity contribution >= 4 is 5.91 Å². The van der Waals surface area contributed by atoms with Crippen LogP contribution in [0.5, 0.6) is 0 Å². The van der Waals surface area contributed by atoms with Crippen LogP contribution in [0.25, 0.3) is 5.95 Å². The first-order chi connectivity index (χ1) is 14.4. The molecule has 7 heteroatoms. The highest BCUT2D eigenvalue weighted by Crippen LogP contribution is 2.19. The molecule has 7 nitrogen and oxygen atoms in total. The number of benzene rings is 1. The zero-order valence-corrected chi connectivity index (χ0v) is 17.7. The van der Waals surface area contributed by atoms with Gasteiger partial charge < -0.3 is 5.32 Å². The van der Waals surface area contributed by atoms with Gasteiger partial charge in [0.25, 0.3) is 5.56 Å². The van der Waals surface area contributed by atoms with Gasteiger partial charge in [-0.25, -0.2) is 9.67 Å². The maximum absolute atomic E-state index is 13.3. The highest BCUT2D eigenvalue weighted by atomic mass is 16.2. The average Bonchev–Trinajstić information content (AvgIpc) is 3.07. The van der Waals surface area contributed by atoms with E-state index >= 15 is 0 Å². The smallest absolute Gasteiger partial charge is 0.258 e. The molecule has 4 rings (SSSR count). The monoisotopic (exact) mass is 405 g/mol. The number of carbonyl (C=O) groups is 1. The Morgan fingerprint density at radius 2 is 1.83 bits per heavy atom. The molecule has 1 amide bonds. The van der Waals surface area contributed by atoms with E-state index < -0.39 is 0 Å². The molecular weight excluding hydrogens is 378 g/mol. The highest BCUT2D eigenvalue weighted by molar-refractivity contribution is 5.76. The van der Waals surface area contributed by atoms with Crippen LogP contribution in [0.4, 0.5) is 0 Å². The van der Waals surface area contributed by atoms with E-state index in [-0.39, 0.29) is 18.0 Å². The van der Waals surface area contributed by atoms with Crippen molar-refractivity contribution in [1.82, 2.24) is 24.6 Å². The van der Waals surface area contributed by atoms with Crippen LogP contribution in [0, 0.1) is 20.8 Å². The first-order valence-electron chi connectivity index (χ1n) is 10.4. The lowest BCUT2D eigenvalue weighted by Crippen LogP contribution is -2.37. The van der Waals surface area contributed by atoms with Crippen molar-refractivity contribution in [2.24, 2.45) is 0 Å². The molecule has 156 valence electrons. The largest absolute Gasteiger partial charge is 0.350 e. The first kappa shape index (κ1) is 20.1. The molecule has 0 atom stereocenters. The number of amides is 1. The Bertz CT molecular complexity index is 1140. The molecule has 3 aromatic rings. The third-order valence-electron chi connectivity index (χ3n) is 5.53. The Morgan fingerprint density at radius 1 is 1.10 bits per heavy atom. The van der Waals surface area contributed by atoms with Crippen LogP contribution in [0.3, 0.4) is 0 Å². The Labute approximate surface area is 175 Å². The van der Waals surface area contributed by atoms with Gasteiger partial charge in [0.2, 0.25) is 11.9 Å². The molecule has 2 aromatic heterocycles. The van der Waals surface area contributed by atoms with Crippen LogP contribution < -0.4 is 10.9 Å². The molecule has 0 radical (unpaired) electrons. The Hall–Kier alpha value is -3.22. The first-order valence-corrected chi connectivity index (χ1v) is 10.4. The molecule has 0 unspecified atom stereocenters. The lowest BCUT2D eigenvalue weighted by Gasteiger charge is -2.20. The van der Waals surface area contributed by atoms with Crippen LogP contribution in [-0.4, -0.2) is 25.2 Å². The summed E-state index contributed by atoms with van der Waals surface area (Å²) in [4.78, 5) is 30.8. The molecule has 0 spiro atoms. The van der Waals surface area contributed by atoms with E-state index in [1.165, 1.54) is 10.1 Å². The third-order valence-corrected chi connectivity index (χ3v) is 5.53. The van der Waals surface area contributed by atoms with Crippen molar-refractivity contribution in [2.75, 3.05) is 0 Å². The molecule has 0 fully saturated rings. The van der Waals surface area contributed by atoms with Gasteiger partial charge in [0.05, 0.1) is 11.4 Å². The minimum absolute atomic E-state index is 0.0847. The summed E-state index contributed by atoms with van der Waals surface area (Å²) in [5.74, 6) is 0.190. The van der Waals surface area contributed by atoms with Crippen LogP contribution in [0.1, 0.15) is 46.6 Å². The number of nitrogens with zero attached hydrogens (tertiary/aromatic N) is 4. The van der Waals surface area contributed by atoms with Crippen LogP contribution in [0.15, 0.2) is 35.1 Å². The predicted octanol–water partition coefficient (Wildman–Crippen LogP) is 2.55. The van der Waals surface area contributed by atoms with Crippen molar-refractivity contribution < 1.29 is 4.79 Å². The van der Waals surface area contributed by atoms with Crippen LogP contribution in [0.2, 0.25) is 0 Å². The maximum atomic E-state index is 13.3. The van der Waals surface area contributed by atoms with E-state index in [2.05, 4.69) is 10.4 Å². The normalized spacial score (nSPS) is 13.2. The van der Waals surface area contributed by atoms with Gasteiger partial charge in [-0.3, -0.25) is 14.2 Å². The fraction of sp³-hybridized carbons (Fsp3) is 0.391. The van der Waals surface area contributed by atoms with Gasteiger partial charge >= 0.3 is 0 Å². The van der Waals surface area contributed by atoms with Gasteiger partial charge in [0.15, 0.2) is 0 Å². The Balaban J connectivity index is 1.65. The minimum atomic E-state index is -0.224. The second-order valence-electron chi connectivity index (χ2n) is 8.04. The van der Waals surface area contributed by atoms with Crippen molar-refractivity contribution in [2.45, 2.75) is 59.5 Å².